The van der Waals surface area contributed by atoms with Gasteiger partial charge in [-0.3, -0.25) is 0 Å². The summed E-state index contributed by atoms with van der Waals surface area (Å²) in [7, 11) is 0. The second-order valence-electron chi connectivity index (χ2n) is 5.51. The summed E-state index contributed by atoms with van der Waals surface area (Å²) in [5.41, 5.74) is 2.43. The smallest absolute Gasteiger partial charge is 0.135 e. The van der Waals surface area contributed by atoms with Crippen LogP contribution >= 0.6 is 15.9 Å². The molecule has 0 unspecified atom stereocenters. The Labute approximate surface area is 135 Å². The van der Waals surface area contributed by atoms with Gasteiger partial charge < -0.3 is 5.32 Å². The third-order valence-electron chi connectivity index (χ3n) is 3.27. The Morgan fingerprint density at radius 2 is 1.86 bits per heavy atom. The number of hydrogen-bond acceptors (Lipinski definition) is 3. The summed E-state index contributed by atoms with van der Waals surface area (Å²) in [5.74, 6) is 1.97. The van der Waals surface area contributed by atoms with E-state index in [2.05, 4.69) is 76.3 Å². The molecule has 1 N–H and O–H groups in total. The zero-order valence-electron chi connectivity index (χ0n) is 12.9. The zero-order valence-corrected chi connectivity index (χ0v) is 14.4. The Morgan fingerprint density at radius 3 is 2.48 bits per heavy atom. The Balaban J connectivity index is 2.10. The minimum atomic E-state index is 0.305. The maximum Gasteiger partial charge on any atom is 0.135 e. The molecule has 0 radical (unpaired) electrons. The first-order valence-electron chi connectivity index (χ1n) is 7.49. The van der Waals surface area contributed by atoms with Gasteiger partial charge in [-0.2, -0.15) is 0 Å². The average molecular weight is 348 g/mol. The van der Waals surface area contributed by atoms with Crippen molar-refractivity contribution < 1.29 is 0 Å². The minimum absolute atomic E-state index is 0.305. The van der Waals surface area contributed by atoms with Gasteiger partial charge in [0, 0.05) is 17.7 Å². The number of unbranched alkanes of at least 4 members (excludes halogenated alkanes) is 1. The Morgan fingerprint density at radius 1 is 1.14 bits per heavy atom. The van der Waals surface area contributed by atoms with Gasteiger partial charge in [0.1, 0.15) is 16.2 Å². The van der Waals surface area contributed by atoms with Gasteiger partial charge in [0.2, 0.25) is 0 Å². The lowest BCUT2D eigenvalue weighted by molar-refractivity contribution is 0.771. The number of anilines is 2. The summed E-state index contributed by atoms with van der Waals surface area (Å²) in [6, 6.07) is 10.5. The molecule has 1 aromatic heterocycles. The van der Waals surface area contributed by atoms with Crippen LogP contribution in [0, 0.1) is 0 Å². The molecule has 0 aliphatic rings. The molecule has 21 heavy (non-hydrogen) atoms. The highest BCUT2D eigenvalue weighted by Crippen LogP contribution is 2.21. The van der Waals surface area contributed by atoms with Crippen LogP contribution in [-0.2, 0) is 6.42 Å². The first kappa shape index (κ1) is 16.0. The van der Waals surface area contributed by atoms with Gasteiger partial charge in [0.15, 0.2) is 0 Å². The molecule has 4 heteroatoms. The first-order chi connectivity index (χ1) is 10.1. The van der Waals surface area contributed by atoms with E-state index in [0.29, 0.717) is 5.92 Å². The second kappa shape index (κ2) is 7.55. The van der Waals surface area contributed by atoms with E-state index in [1.165, 1.54) is 18.4 Å². The highest BCUT2D eigenvalue weighted by atomic mass is 79.9. The van der Waals surface area contributed by atoms with Crippen molar-refractivity contribution in [2.45, 2.75) is 46.0 Å². The molecule has 0 saturated heterocycles. The summed E-state index contributed by atoms with van der Waals surface area (Å²) >= 11 is 3.44. The molecule has 3 nitrogen and oxygen atoms in total. The average Bonchev–Trinajstić information content (AvgIpc) is 2.46. The van der Waals surface area contributed by atoms with Crippen molar-refractivity contribution in [2.75, 3.05) is 5.32 Å². The number of benzene rings is 1. The number of aromatic nitrogens is 2. The van der Waals surface area contributed by atoms with Gasteiger partial charge >= 0.3 is 0 Å². The highest BCUT2D eigenvalue weighted by molar-refractivity contribution is 9.10. The summed E-state index contributed by atoms with van der Waals surface area (Å²) in [6.45, 7) is 6.40. The SMILES string of the molecule is CCCCc1ccc(Nc2cc(Br)nc(C(C)C)n2)cc1. The van der Waals surface area contributed by atoms with E-state index < -0.39 is 0 Å². The minimum Gasteiger partial charge on any atom is -0.340 e. The summed E-state index contributed by atoms with van der Waals surface area (Å²) in [5, 5.41) is 3.34. The summed E-state index contributed by atoms with van der Waals surface area (Å²) in [4.78, 5) is 8.94. The predicted molar refractivity (Wildman–Crippen MR) is 92.2 cm³/mol. The van der Waals surface area contributed by atoms with Crippen LogP contribution in [-0.4, -0.2) is 9.97 Å². The van der Waals surface area contributed by atoms with Crippen molar-refractivity contribution in [3.63, 3.8) is 0 Å². The fourth-order valence-electron chi connectivity index (χ4n) is 2.04. The molecule has 0 saturated carbocycles. The van der Waals surface area contributed by atoms with Crippen LogP contribution in [0.3, 0.4) is 0 Å². The molecule has 0 bridgehead atoms. The van der Waals surface area contributed by atoms with Crippen LogP contribution in [0.4, 0.5) is 11.5 Å². The van der Waals surface area contributed by atoms with Crippen LogP contribution in [0.15, 0.2) is 34.9 Å². The second-order valence-corrected chi connectivity index (χ2v) is 6.33. The largest absolute Gasteiger partial charge is 0.340 e. The van der Waals surface area contributed by atoms with Gasteiger partial charge in [-0.05, 0) is 46.5 Å². The van der Waals surface area contributed by atoms with Crippen molar-refractivity contribution >= 4 is 27.4 Å². The van der Waals surface area contributed by atoms with Gasteiger partial charge in [-0.1, -0.05) is 39.3 Å². The molecule has 1 heterocycles. The fourth-order valence-corrected chi connectivity index (χ4v) is 2.44. The first-order valence-corrected chi connectivity index (χ1v) is 8.28. The normalized spacial score (nSPS) is 10.9. The maximum atomic E-state index is 4.55. The van der Waals surface area contributed by atoms with Crippen molar-refractivity contribution in [3.05, 3.63) is 46.3 Å². The topological polar surface area (TPSA) is 37.8 Å². The van der Waals surface area contributed by atoms with Crippen molar-refractivity contribution in [2.24, 2.45) is 0 Å². The van der Waals surface area contributed by atoms with Crippen LogP contribution in [0.5, 0.6) is 0 Å². The molecule has 0 amide bonds. The molecular weight excluding hydrogens is 326 g/mol. The third-order valence-corrected chi connectivity index (χ3v) is 3.68. The van der Waals surface area contributed by atoms with E-state index in [9.17, 15) is 0 Å². The van der Waals surface area contributed by atoms with E-state index in [1.54, 1.807) is 0 Å². The lowest BCUT2D eigenvalue weighted by atomic mass is 10.1. The third kappa shape index (κ3) is 4.81. The molecule has 0 aliphatic carbocycles. The van der Waals surface area contributed by atoms with E-state index in [1.807, 2.05) is 6.07 Å². The lowest BCUT2D eigenvalue weighted by Crippen LogP contribution is -2.02. The number of halogens is 1. The molecule has 0 aliphatic heterocycles. The molecule has 0 spiro atoms. The number of nitrogens with zero attached hydrogens (tertiary/aromatic N) is 2. The van der Waals surface area contributed by atoms with Crippen LogP contribution < -0.4 is 5.32 Å². The Hall–Kier alpha value is -1.42. The quantitative estimate of drug-likeness (QED) is 0.706. The lowest BCUT2D eigenvalue weighted by Gasteiger charge is -2.10. The van der Waals surface area contributed by atoms with Crippen LogP contribution in [0.25, 0.3) is 0 Å². The molecule has 2 rings (SSSR count). The van der Waals surface area contributed by atoms with E-state index in [0.717, 1.165) is 28.4 Å². The Kier molecular flexibility index (Phi) is 5.74. The summed E-state index contributed by atoms with van der Waals surface area (Å²) in [6.07, 6.45) is 3.61. The standard InChI is InChI=1S/C17H22BrN3/c1-4-5-6-13-7-9-14(10-8-13)19-16-11-15(18)20-17(21-16)12(2)3/h7-12H,4-6H2,1-3H3,(H,19,20,21). The molecular formula is C17H22BrN3. The molecule has 2 aromatic rings. The van der Waals surface area contributed by atoms with Crippen LogP contribution in [0.1, 0.15) is 50.9 Å². The molecule has 1 aromatic carbocycles. The number of nitrogens with one attached hydrogen (secondary N) is 1. The number of aryl methyl sites for hydroxylation is 1. The van der Waals surface area contributed by atoms with E-state index in [4.69, 9.17) is 0 Å². The molecule has 112 valence electrons. The van der Waals surface area contributed by atoms with Gasteiger partial charge in [0.05, 0.1) is 0 Å². The maximum absolute atomic E-state index is 4.55. The van der Waals surface area contributed by atoms with E-state index >= 15 is 0 Å². The van der Waals surface area contributed by atoms with Gasteiger partial charge in [0.25, 0.3) is 0 Å². The highest BCUT2D eigenvalue weighted by Gasteiger charge is 2.07. The molecule has 0 atom stereocenters. The van der Waals surface area contributed by atoms with Crippen LogP contribution in [0.2, 0.25) is 0 Å². The van der Waals surface area contributed by atoms with Gasteiger partial charge in [-0.25, -0.2) is 9.97 Å². The zero-order chi connectivity index (χ0) is 15.2. The van der Waals surface area contributed by atoms with Crippen molar-refractivity contribution in [1.29, 1.82) is 0 Å². The summed E-state index contributed by atoms with van der Waals surface area (Å²) < 4.78 is 0.809. The number of rotatable bonds is 6. The molecule has 0 fully saturated rings. The fraction of sp³-hybridized carbons (Fsp3) is 0.412. The van der Waals surface area contributed by atoms with Gasteiger partial charge in [-0.15, -0.1) is 0 Å². The Bertz CT molecular complexity index is 579. The van der Waals surface area contributed by atoms with E-state index in [-0.39, 0.29) is 0 Å². The number of hydrogen-bond donors (Lipinski definition) is 1. The van der Waals surface area contributed by atoms with Crippen molar-refractivity contribution in [3.8, 4) is 0 Å². The monoisotopic (exact) mass is 347 g/mol. The van der Waals surface area contributed by atoms with Crippen molar-refractivity contribution in [1.82, 2.24) is 9.97 Å². The predicted octanol–water partition coefficient (Wildman–Crippen LogP) is 5.45.